The number of ketones is 1. The summed E-state index contributed by atoms with van der Waals surface area (Å²) in [5.41, 5.74) is 2.32. The van der Waals surface area contributed by atoms with Gasteiger partial charge in [-0.2, -0.15) is 0 Å². The third kappa shape index (κ3) is 4.12. The zero-order valence-electron chi connectivity index (χ0n) is 12.5. The second kappa shape index (κ2) is 6.12. The quantitative estimate of drug-likeness (QED) is 0.896. The Balaban J connectivity index is 1.86. The van der Waals surface area contributed by atoms with Crippen molar-refractivity contribution in [2.45, 2.75) is 33.1 Å². The topological polar surface area (TPSA) is 38.3 Å². The van der Waals surface area contributed by atoms with Crippen molar-refractivity contribution in [1.82, 2.24) is 5.32 Å². The molecule has 0 heterocycles. The van der Waals surface area contributed by atoms with Gasteiger partial charge in [0.1, 0.15) is 11.5 Å². The first-order valence-electron chi connectivity index (χ1n) is 7.09. The summed E-state index contributed by atoms with van der Waals surface area (Å²) in [5.74, 6) is 1.20. The Morgan fingerprint density at radius 2 is 1.95 bits per heavy atom. The number of Topliss-reactive ketones (excluding diaryl/α,β-unsaturated/α-hetero) is 1. The van der Waals surface area contributed by atoms with E-state index in [1.54, 1.807) is 7.11 Å². The van der Waals surface area contributed by atoms with Crippen LogP contribution in [0.3, 0.4) is 0 Å². The summed E-state index contributed by atoms with van der Waals surface area (Å²) in [5, 5.41) is 3.39. The van der Waals surface area contributed by atoms with E-state index < -0.39 is 0 Å². The van der Waals surface area contributed by atoms with Crippen molar-refractivity contribution in [3.05, 3.63) is 41.6 Å². The van der Waals surface area contributed by atoms with Crippen LogP contribution in [-0.2, 0) is 11.2 Å². The van der Waals surface area contributed by atoms with Crippen LogP contribution >= 0.6 is 0 Å². The highest BCUT2D eigenvalue weighted by Crippen LogP contribution is 2.30. The van der Waals surface area contributed by atoms with Crippen LogP contribution in [-0.4, -0.2) is 19.4 Å². The van der Waals surface area contributed by atoms with Gasteiger partial charge < -0.3 is 10.1 Å². The van der Waals surface area contributed by atoms with Crippen molar-refractivity contribution < 1.29 is 9.53 Å². The monoisotopic (exact) mass is 273 g/mol. The van der Waals surface area contributed by atoms with Crippen molar-refractivity contribution in [1.29, 1.82) is 0 Å². The lowest BCUT2D eigenvalue weighted by Gasteiger charge is -2.27. The van der Waals surface area contributed by atoms with E-state index in [9.17, 15) is 4.79 Å². The van der Waals surface area contributed by atoms with Crippen molar-refractivity contribution in [2.75, 3.05) is 13.7 Å². The van der Waals surface area contributed by atoms with E-state index in [4.69, 9.17) is 4.74 Å². The molecule has 1 aromatic rings. The maximum absolute atomic E-state index is 11.7. The van der Waals surface area contributed by atoms with Gasteiger partial charge >= 0.3 is 0 Å². The molecule has 20 heavy (non-hydrogen) atoms. The van der Waals surface area contributed by atoms with Gasteiger partial charge in [-0.25, -0.2) is 0 Å². The molecule has 0 saturated heterocycles. The van der Waals surface area contributed by atoms with Crippen molar-refractivity contribution >= 4 is 5.78 Å². The lowest BCUT2D eigenvalue weighted by Crippen LogP contribution is -2.28. The number of nitrogens with one attached hydrogen (secondary N) is 1. The molecule has 0 aromatic heterocycles. The Morgan fingerprint density at radius 1 is 1.25 bits per heavy atom. The lowest BCUT2D eigenvalue weighted by atomic mass is 9.81. The number of allylic oxidation sites excluding steroid dienone is 2. The lowest BCUT2D eigenvalue weighted by molar-refractivity contribution is -0.120. The van der Waals surface area contributed by atoms with E-state index in [-0.39, 0.29) is 5.41 Å². The Hall–Kier alpha value is -1.77. The van der Waals surface area contributed by atoms with E-state index in [1.165, 1.54) is 5.56 Å². The minimum absolute atomic E-state index is 0.0161. The molecule has 108 valence electrons. The number of ether oxygens (including phenoxy) is 1. The molecule has 1 aromatic carbocycles. The number of hydrogen-bond donors (Lipinski definition) is 1. The molecule has 0 fully saturated rings. The molecule has 0 unspecified atom stereocenters. The second-order valence-corrected chi connectivity index (χ2v) is 6.08. The van der Waals surface area contributed by atoms with Crippen LogP contribution in [0, 0.1) is 5.41 Å². The number of carbonyl (C=O) groups excluding carboxylic acids is 1. The van der Waals surface area contributed by atoms with Crippen LogP contribution in [0.2, 0.25) is 0 Å². The summed E-state index contributed by atoms with van der Waals surface area (Å²) in [6, 6.07) is 8.10. The Morgan fingerprint density at radius 3 is 2.55 bits per heavy atom. The van der Waals surface area contributed by atoms with E-state index in [0.717, 1.165) is 24.4 Å². The standard InChI is InChI=1S/C17H23NO2/c1-17(2)11-14(10-15(19)12-17)18-9-8-13-4-6-16(20-3)7-5-13/h4-7,11,18H,8-10,12H2,1-3H3. The number of rotatable bonds is 5. The van der Waals surface area contributed by atoms with Gasteiger partial charge in [-0.15, -0.1) is 0 Å². The van der Waals surface area contributed by atoms with Crippen molar-refractivity contribution in [2.24, 2.45) is 5.41 Å². The summed E-state index contributed by atoms with van der Waals surface area (Å²) in [7, 11) is 1.67. The van der Waals surface area contributed by atoms with Gasteiger partial charge in [-0.1, -0.05) is 32.1 Å². The molecular weight excluding hydrogens is 250 g/mol. The molecule has 0 atom stereocenters. The summed E-state index contributed by atoms with van der Waals surface area (Å²) in [6.45, 7) is 5.06. The van der Waals surface area contributed by atoms with Gasteiger partial charge in [0.25, 0.3) is 0 Å². The molecule has 1 aliphatic carbocycles. The van der Waals surface area contributed by atoms with Crippen molar-refractivity contribution in [3.63, 3.8) is 0 Å². The third-order valence-corrected chi connectivity index (χ3v) is 3.53. The number of carbonyl (C=O) groups is 1. The smallest absolute Gasteiger partial charge is 0.139 e. The van der Waals surface area contributed by atoms with Crippen LogP contribution in [0.5, 0.6) is 5.75 Å². The first kappa shape index (κ1) is 14.6. The van der Waals surface area contributed by atoms with Gasteiger partial charge in [-0.05, 0) is 29.5 Å². The van der Waals surface area contributed by atoms with Crippen LogP contribution in [0.25, 0.3) is 0 Å². The van der Waals surface area contributed by atoms with Gasteiger partial charge in [-0.3, -0.25) is 4.79 Å². The third-order valence-electron chi connectivity index (χ3n) is 3.53. The van der Waals surface area contributed by atoms with Crippen LogP contribution in [0.1, 0.15) is 32.3 Å². The predicted molar refractivity (Wildman–Crippen MR) is 80.8 cm³/mol. The maximum atomic E-state index is 11.7. The molecule has 1 N–H and O–H groups in total. The molecule has 1 aliphatic rings. The molecule has 0 bridgehead atoms. The second-order valence-electron chi connectivity index (χ2n) is 6.08. The van der Waals surface area contributed by atoms with E-state index >= 15 is 0 Å². The molecular formula is C17H23NO2. The predicted octanol–water partition coefficient (Wildman–Crippen LogP) is 3.10. The van der Waals surface area contributed by atoms with Crippen LogP contribution < -0.4 is 10.1 Å². The van der Waals surface area contributed by atoms with Crippen molar-refractivity contribution in [3.8, 4) is 5.75 Å². The minimum Gasteiger partial charge on any atom is -0.497 e. The summed E-state index contributed by atoms with van der Waals surface area (Å²) in [4.78, 5) is 11.7. The Kier molecular flexibility index (Phi) is 4.48. The largest absolute Gasteiger partial charge is 0.497 e. The van der Waals surface area contributed by atoms with Crippen LogP contribution in [0.15, 0.2) is 36.0 Å². The molecule has 2 rings (SSSR count). The van der Waals surface area contributed by atoms with E-state index in [1.807, 2.05) is 12.1 Å². The van der Waals surface area contributed by atoms with Gasteiger partial charge in [0, 0.05) is 25.1 Å². The average molecular weight is 273 g/mol. The molecule has 0 amide bonds. The Bertz CT molecular complexity index is 500. The minimum atomic E-state index is -0.0161. The fourth-order valence-electron chi connectivity index (χ4n) is 2.63. The normalized spacial score (nSPS) is 17.6. The average Bonchev–Trinajstić information content (AvgIpc) is 2.37. The highest BCUT2D eigenvalue weighted by atomic mass is 16.5. The zero-order chi connectivity index (χ0) is 14.6. The molecule has 3 nitrogen and oxygen atoms in total. The van der Waals surface area contributed by atoms with E-state index in [2.05, 4.69) is 37.4 Å². The molecule has 0 aliphatic heterocycles. The number of methoxy groups -OCH3 is 1. The fourth-order valence-corrected chi connectivity index (χ4v) is 2.63. The fraction of sp³-hybridized carbons (Fsp3) is 0.471. The van der Waals surface area contributed by atoms with Gasteiger partial charge in [0.2, 0.25) is 0 Å². The molecule has 3 heteroatoms. The summed E-state index contributed by atoms with van der Waals surface area (Å²) >= 11 is 0. The van der Waals surface area contributed by atoms with E-state index in [0.29, 0.717) is 18.6 Å². The van der Waals surface area contributed by atoms with Gasteiger partial charge in [0.15, 0.2) is 0 Å². The number of benzene rings is 1. The number of hydrogen-bond acceptors (Lipinski definition) is 3. The Labute approximate surface area is 121 Å². The summed E-state index contributed by atoms with van der Waals surface area (Å²) in [6.07, 6.45) is 4.33. The highest BCUT2D eigenvalue weighted by molar-refractivity contribution is 5.83. The maximum Gasteiger partial charge on any atom is 0.139 e. The van der Waals surface area contributed by atoms with Crippen LogP contribution in [0.4, 0.5) is 0 Å². The molecule has 0 spiro atoms. The highest BCUT2D eigenvalue weighted by Gasteiger charge is 2.25. The summed E-state index contributed by atoms with van der Waals surface area (Å²) < 4.78 is 5.14. The zero-order valence-corrected chi connectivity index (χ0v) is 12.5. The molecule has 0 saturated carbocycles. The van der Waals surface area contributed by atoms with Gasteiger partial charge in [0.05, 0.1) is 7.11 Å². The SMILES string of the molecule is COc1ccc(CCNC2=CC(C)(C)CC(=O)C2)cc1. The molecule has 0 radical (unpaired) electrons. The first-order valence-corrected chi connectivity index (χ1v) is 7.09. The first-order chi connectivity index (χ1) is 9.48.